The average Bonchev–Trinajstić information content (AvgIpc) is 3.63. The highest BCUT2D eigenvalue weighted by atomic mass is 19.1. The summed E-state index contributed by atoms with van der Waals surface area (Å²) in [5, 5.41) is 2.14. The van der Waals surface area contributed by atoms with Crippen LogP contribution < -0.4 is 10.3 Å². The molecule has 2 aliphatic heterocycles. The van der Waals surface area contributed by atoms with Crippen LogP contribution in [0.4, 0.5) is 8.78 Å². The van der Waals surface area contributed by atoms with Crippen LogP contribution in [0, 0.1) is 11.6 Å². The number of ketones is 1. The monoisotopic (exact) mass is 581 g/mol. The molecule has 0 radical (unpaired) electrons. The van der Waals surface area contributed by atoms with E-state index in [-0.39, 0.29) is 42.2 Å². The quantitative estimate of drug-likeness (QED) is 0.435. The number of amides is 2. The van der Waals surface area contributed by atoms with Crippen LogP contribution in [-0.4, -0.2) is 59.3 Å². The van der Waals surface area contributed by atoms with E-state index in [1.807, 2.05) is 0 Å². The number of rotatable bonds is 8. The summed E-state index contributed by atoms with van der Waals surface area (Å²) in [5.74, 6) is -2.30. The van der Waals surface area contributed by atoms with E-state index < -0.39 is 40.3 Å². The number of nitrogens with zero attached hydrogens (tertiary/aromatic N) is 2. The molecule has 42 heavy (non-hydrogen) atoms. The minimum Gasteiger partial charge on any atom is -0.497 e. The first-order valence-corrected chi connectivity index (χ1v) is 13.9. The number of halogens is 2. The molecule has 1 atom stereocenters. The number of benzene rings is 2. The lowest BCUT2D eigenvalue weighted by molar-refractivity contribution is -0.140. The van der Waals surface area contributed by atoms with Crippen molar-refractivity contribution in [3.05, 3.63) is 86.4 Å². The number of nitrogens with one attached hydrogen (secondary N) is 1. The number of Topliss-reactive ketones (excluding diaryl/α,β-unsaturated/α-hetero) is 1. The van der Waals surface area contributed by atoms with E-state index in [4.69, 9.17) is 9.26 Å². The van der Waals surface area contributed by atoms with E-state index in [0.29, 0.717) is 30.8 Å². The second kappa shape index (κ2) is 11.5. The Kier molecular flexibility index (Phi) is 8.03. The Labute approximate surface area is 241 Å². The number of carbonyl (C=O) groups excluding carboxylic acids is 3. The maximum atomic E-state index is 15.5. The first-order chi connectivity index (χ1) is 20.0. The zero-order valence-electron chi connectivity index (χ0n) is 23.8. The molecular formula is C31H33F2N3O6. The molecule has 2 amide bonds. The van der Waals surface area contributed by atoms with Crippen molar-refractivity contribution in [2.24, 2.45) is 0 Å². The molecule has 3 aromatic rings. The van der Waals surface area contributed by atoms with Crippen molar-refractivity contribution in [3.63, 3.8) is 0 Å². The van der Waals surface area contributed by atoms with Crippen LogP contribution in [-0.2, 0) is 39.1 Å². The molecule has 0 aliphatic carbocycles. The maximum Gasteiger partial charge on any atom is 0.280 e. The third-order valence-electron chi connectivity index (χ3n) is 8.14. The van der Waals surface area contributed by atoms with Crippen LogP contribution in [0.1, 0.15) is 60.7 Å². The van der Waals surface area contributed by atoms with E-state index in [1.54, 1.807) is 23.1 Å². The largest absolute Gasteiger partial charge is 0.497 e. The standard InChI is InChI=1S/C31H33F2N3O6/c1-31(2,30(40)35-9-4-5-10-35)28-23(32)12-18(13-24(28)33)14-25(37)29-22-7-6-20(41-3)15-19(22)8-11-36(29)27(39)17-21-16-26(38)34-42-21/h6-7,12-13,15-16,29H,4-5,8-11,14,17H2,1-3H3,(H,34,38)/t29-/m1/s1. The van der Waals surface area contributed by atoms with E-state index in [1.165, 1.54) is 31.9 Å². The first-order valence-electron chi connectivity index (χ1n) is 13.9. The lowest BCUT2D eigenvalue weighted by Crippen LogP contribution is -2.44. The molecule has 9 nitrogen and oxygen atoms in total. The number of H-pyrrole nitrogens is 1. The molecule has 0 unspecified atom stereocenters. The van der Waals surface area contributed by atoms with Gasteiger partial charge in [-0.2, -0.15) is 5.16 Å². The van der Waals surface area contributed by atoms with Crippen LogP contribution in [0.3, 0.4) is 0 Å². The molecule has 0 spiro atoms. The van der Waals surface area contributed by atoms with Gasteiger partial charge in [0.2, 0.25) is 11.8 Å². The number of hydrogen-bond donors (Lipinski definition) is 1. The van der Waals surface area contributed by atoms with Gasteiger partial charge in [-0.15, -0.1) is 0 Å². The molecule has 1 N–H and O–H groups in total. The Hall–Kier alpha value is -4.28. The summed E-state index contributed by atoms with van der Waals surface area (Å²) in [6.45, 7) is 4.32. The molecule has 5 rings (SSSR count). The summed E-state index contributed by atoms with van der Waals surface area (Å²) < 4.78 is 41.3. The number of hydrogen-bond acceptors (Lipinski definition) is 6. The molecule has 2 aliphatic rings. The molecule has 1 aromatic heterocycles. The highest BCUT2D eigenvalue weighted by Crippen LogP contribution is 2.36. The Morgan fingerprint density at radius 1 is 1.02 bits per heavy atom. The normalized spacial score (nSPS) is 16.8. The van der Waals surface area contributed by atoms with E-state index >= 15 is 8.78 Å². The Morgan fingerprint density at radius 3 is 2.33 bits per heavy atom. The molecule has 2 aromatic carbocycles. The van der Waals surface area contributed by atoms with Gasteiger partial charge in [0.1, 0.15) is 29.2 Å². The predicted molar refractivity (Wildman–Crippen MR) is 148 cm³/mol. The zero-order chi connectivity index (χ0) is 30.2. The molecule has 11 heteroatoms. The van der Waals surface area contributed by atoms with Gasteiger partial charge in [0.15, 0.2) is 5.78 Å². The lowest BCUT2D eigenvalue weighted by atomic mass is 9.81. The van der Waals surface area contributed by atoms with Crippen LogP contribution in [0.5, 0.6) is 5.75 Å². The third-order valence-corrected chi connectivity index (χ3v) is 8.14. The minimum absolute atomic E-state index is 0.0906. The van der Waals surface area contributed by atoms with E-state index in [0.717, 1.165) is 30.5 Å². The van der Waals surface area contributed by atoms with Crippen molar-refractivity contribution in [2.45, 2.75) is 57.4 Å². The van der Waals surface area contributed by atoms with Crippen molar-refractivity contribution in [1.82, 2.24) is 15.0 Å². The number of aromatic nitrogens is 1. The summed E-state index contributed by atoms with van der Waals surface area (Å²) in [6, 6.07) is 7.52. The van der Waals surface area contributed by atoms with Crippen molar-refractivity contribution >= 4 is 17.6 Å². The second-order valence-corrected chi connectivity index (χ2v) is 11.4. The van der Waals surface area contributed by atoms with Crippen LogP contribution in [0.25, 0.3) is 0 Å². The second-order valence-electron chi connectivity index (χ2n) is 11.4. The van der Waals surface area contributed by atoms with E-state index in [2.05, 4.69) is 5.16 Å². The first kappa shape index (κ1) is 29.2. The molecule has 0 saturated carbocycles. The maximum absolute atomic E-state index is 15.5. The summed E-state index contributed by atoms with van der Waals surface area (Å²) in [5.41, 5.74) is -0.757. The molecule has 0 bridgehead atoms. The van der Waals surface area contributed by atoms with Crippen LogP contribution in [0.2, 0.25) is 0 Å². The van der Waals surface area contributed by atoms with Crippen molar-refractivity contribution < 1.29 is 32.4 Å². The van der Waals surface area contributed by atoms with E-state index in [9.17, 15) is 19.2 Å². The summed E-state index contributed by atoms with van der Waals surface area (Å²) in [7, 11) is 1.53. The minimum atomic E-state index is -1.43. The van der Waals surface area contributed by atoms with Gasteiger partial charge in [-0.05, 0) is 74.1 Å². The van der Waals surface area contributed by atoms with Gasteiger partial charge in [0, 0.05) is 37.7 Å². The number of ether oxygens (including phenoxy) is 1. The Morgan fingerprint density at radius 2 is 1.71 bits per heavy atom. The third kappa shape index (κ3) is 5.60. The Bertz CT molecular complexity index is 1560. The molecule has 3 heterocycles. The fourth-order valence-corrected chi connectivity index (χ4v) is 6.05. The fourth-order valence-electron chi connectivity index (χ4n) is 6.05. The highest BCUT2D eigenvalue weighted by molar-refractivity contribution is 5.93. The predicted octanol–water partition coefficient (Wildman–Crippen LogP) is 3.64. The Balaban J connectivity index is 1.44. The number of methoxy groups -OCH3 is 1. The number of fused-ring (bicyclic) bond motifs is 1. The topological polar surface area (TPSA) is 113 Å². The van der Waals surface area contributed by atoms with Crippen LogP contribution in [0.15, 0.2) is 45.7 Å². The highest BCUT2D eigenvalue weighted by Gasteiger charge is 2.40. The van der Waals surface area contributed by atoms with Gasteiger partial charge in [-0.1, -0.05) is 6.07 Å². The van der Waals surface area contributed by atoms with Gasteiger partial charge in [0.05, 0.1) is 18.9 Å². The molecule has 222 valence electrons. The van der Waals surface area contributed by atoms with Crippen LogP contribution >= 0.6 is 0 Å². The van der Waals surface area contributed by atoms with Gasteiger partial charge in [-0.25, -0.2) is 8.78 Å². The average molecular weight is 582 g/mol. The number of likely N-dealkylation sites (tertiary alicyclic amines) is 1. The van der Waals surface area contributed by atoms with Crippen molar-refractivity contribution in [2.75, 3.05) is 26.7 Å². The van der Waals surface area contributed by atoms with Crippen molar-refractivity contribution in [1.29, 1.82) is 0 Å². The summed E-state index contributed by atoms with van der Waals surface area (Å²) >= 11 is 0. The smallest absolute Gasteiger partial charge is 0.280 e. The van der Waals surface area contributed by atoms with Gasteiger partial charge >= 0.3 is 0 Å². The fraction of sp³-hybridized carbons (Fsp3) is 0.419. The van der Waals surface area contributed by atoms with Crippen molar-refractivity contribution in [3.8, 4) is 5.75 Å². The SMILES string of the molecule is COc1ccc2c(c1)CCN(C(=O)Cc1cc(=O)[nH]o1)[C@H]2C(=O)Cc1cc(F)c(C(C)(C)C(=O)N2CCCC2)c(F)c1. The molecule has 1 saturated heterocycles. The zero-order valence-corrected chi connectivity index (χ0v) is 23.8. The summed E-state index contributed by atoms with van der Waals surface area (Å²) in [6.07, 6.45) is 1.56. The number of carbonyl (C=O) groups is 3. The number of aromatic amines is 1. The molecular weight excluding hydrogens is 548 g/mol. The summed E-state index contributed by atoms with van der Waals surface area (Å²) in [4.78, 5) is 54.8. The van der Waals surface area contributed by atoms with Gasteiger partial charge in [0.25, 0.3) is 5.56 Å². The molecule has 1 fully saturated rings. The van der Waals surface area contributed by atoms with Gasteiger partial charge in [-0.3, -0.25) is 19.2 Å². The van der Waals surface area contributed by atoms with Gasteiger partial charge < -0.3 is 19.1 Å². The lowest BCUT2D eigenvalue weighted by Gasteiger charge is -2.36.